The molecule has 5 nitrogen and oxygen atoms in total. The topological polar surface area (TPSA) is 78.2 Å². The number of rotatable bonds is 4. The molecule has 102 valence electrons. The Morgan fingerprint density at radius 3 is 3.21 bits per heavy atom. The number of imidazole rings is 1. The summed E-state index contributed by atoms with van der Waals surface area (Å²) in [4.78, 5) is 10.3. The quantitative estimate of drug-likeness (QED) is 0.725. The molecule has 0 radical (unpaired) electrons. The van der Waals surface area contributed by atoms with E-state index >= 15 is 0 Å². The molecule has 0 bridgehead atoms. The zero-order valence-corrected chi connectivity index (χ0v) is 11.0. The number of nitrogens with two attached hydrogens (primary N) is 1. The highest BCUT2D eigenvalue weighted by Crippen LogP contribution is 2.21. The van der Waals surface area contributed by atoms with Crippen molar-refractivity contribution < 1.29 is 5.11 Å². The van der Waals surface area contributed by atoms with Gasteiger partial charge in [-0.1, -0.05) is 0 Å². The molecule has 1 atom stereocenters. The summed E-state index contributed by atoms with van der Waals surface area (Å²) < 4.78 is 0. The monoisotopic (exact) mass is 260 g/mol. The minimum absolute atomic E-state index is 0.294. The van der Waals surface area contributed by atoms with Gasteiger partial charge in [0.1, 0.15) is 5.82 Å². The van der Waals surface area contributed by atoms with E-state index in [1.807, 2.05) is 18.2 Å². The summed E-state index contributed by atoms with van der Waals surface area (Å²) in [7, 11) is 0. The largest absolute Gasteiger partial charge is 0.399 e. The van der Waals surface area contributed by atoms with Gasteiger partial charge in [-0.05, 0) is 43.5 Å². The van der Waals surface area contributed by atoms with E-state index in [0.29, 0.717) is 12.5 Å². The second-order valence-corrected chi connectivity index (χ2v) is 5.36. The first kappa shape index (κ1) is 12.4. The second-order valence-electron chi connectivity index (χ2n) is 5.36. The number of benzene rings is 1. The van der Waals surface area contributed by atoms with E-state index in [0.717, 1.165) is 48.6 Å². The van der Waals surface area contributed by atoms with E-state index in [1.54, 1.807) is 0 Å². The number of fused-ring (bicyclic) bond motifs is 1. The van der Waals surface area contributed by atoms with Crippen molar-refractivity contribution in [1.82, 2.24) is 14.9 Å². The summed E-state index contributed by atoms with van der Waals surface area (Å²) in [6.45, 7) is 3.28. The standard InChI is InChI=1S/C14H20N4O/c15-11-1-2-12-13(7-11)17-14(16-12)9-18-5-3-10(8-18)4-6-19/h1-2,7,10,19H,3-6,8-9,15H2,(H,16,17). The molecule has 3 rings (SSSR count). The number of aromatic amines is 1. The Labute approximate surface area is 112 Å². The van der Waals surface area contributed by atoms with Crippen LogP contribution in [0.1, 0.15) is 18.7 Å². The maximum Gasteiger partial charge on any atom is 0.121 e. The summed E-state index contributed by atoms with van der Waals surface area (Å²) in [5.74, 6) is 1.62. The summed E-state index contributed by atoms with van der Waals surface area (Å²) in [5, 5.41) is 8.98. The van der Waals surface area contributed by atoms with E-state index in [9.17, 15) is 0 Å². The maximum absolute atomic E-state index is 8.98. The molecule has 1 saturated heterocycles. The van der Waals surface area contributed by atoms with Crippen molar-refractivity contribution in [3.05, 3.63) is 24.0 Å². The number of hydrogen-bond donors (Lipinski definition) is 3. The molecular weight excluding hydrogens is 240 g/mol. The number of aliphatic hydroxyl groups is 1. The van der Waals surface area contributed by atoms with Gasteiger partial charge in [-0.25, -0.2) is 4.98 Å². The third kappa shape index (κ3) is 2.72. The fourth-order valence-electron chi connectivity index (χ4n) is 2.84. The number of hydrogen-bond acceptors (Lipinski definition) is 4. The molecule has 0 spiro atoms. The smallest absolute Gasteiger partial charge is 0.121 e. The van der Waals surface area contributed by atoms with Gasteiger partial charge in [0, 0.05) is 18.8 Å². The minimum Gasteiger partial charge on any atom is -0.399 e. The SMILES string of the molecule is Nc1ccc2nc(CN3CCC(CCO)C3)[nH]c2c1. The zero-order chi connectivity index (χ0) is 13.2. The fourth-order valence-corrected chi connectivity index (χ4v) is 2.84. The van der Waals surface area contributed by atoms with Crippen LogP contribution in [0.5, 0.6) is 0 Å². The van der Waals surface area contributed by atoms with Crippen LogP contribution in [-0.4, -0.2) is 39.7 Å². The summed E-state index contributed by atoms with van der Waals surface area (Å²) in [6, 6.07) is 5.74. The van der Waals surface area contributed by atoms with Gasteiger partial charge in [0.25, 0.3) is 0 Å². The molecule has 19 heavy (non-hydrogen) atoms. The first-order valence-corrected chi connectivity index (χ1v) is 6.82. The summed E-state index contributed by atoms with van der Waals surface area (Å²) in [6.07, 6.45) is 2.08. The van der Waals surface area contributed by atoms with Crippen LogP contribution in [0.4, 0.5) is 5.69 Å². The number of nitrogens with zero attached hydrogens (tertiary/aromatic N) is 2. The van der Waals surface area contributed by atoms with Gasteiger partial charge in [-0.3, -0.25) is 4.90 Å². The molecule has 2 heterocycles. The molecule has 2 aromatic rings. The predicted molar refractivity (Wildman–Crippen MR) is 75.6 cm³/mol. The van der Waals surface area contributed by atoms with Crippen LogP contribution < -0.4 is 5.73 Å². The van der Waals surface area contributed by atoms with Gasteiger partial charge >= 0.3 is 0 Å². The van der Waals surface area contributed by atoms with Crippen LogP contribution >= 0.6 is 0 Å². The Morgan fingerprint density at radius 2 is 2.37 bits per heavy atom. The summed E-state index contributed by atoms with van der Waals surface area (Å²) in [5.41, 5.74) is 8.49. The Bertz CT molecular complexity index is 566. The van der Waals surface area contributed by atoms with Gasteiger partial charge in [-0.15, -0.1) is 0 Å². The molecule has 0 aliphatic carbocycles. The molecule has 1 fully saturated rings. The van der Waals surface area contributed by atoms with E-state index in [-0.39, 0.29) is 0 Å². The lowest BCUT2D eigenvalue weighted by Gasteiger charge is -2.13. The van der Waals surface area contributed by atoms with Crippen molar-refractivity contribution in [3.63, 3.8) is 0 Å². The van der Waals surface area contributed by atoms with Crippen molar-refractivity contribution in [1.29, 1.82) is 0 Å². The number of nitrogens with one attached hydrogen (secondary N) is 1. The van der Waals surface area contributed by atoms with Crippen molar-refractivity contribution in [3.8, 4) is 0 Å². The third-order valence-corrected chi connectivity index (χ3v) is 3.84. The van der Waals surface area contributed by atoms with Crippen molar-refractivity contribution in [2.75, 3.05) is 25.4 Å². The highest BCUT2D eigenvalue weighted by molar-refractivity contribution is 5.78. The number of H-pyrrole nitrogens is 1. The van der Waals surface area contributed by atoms with Gasteiger partial charge in [-0.2, -0.15) is 0 Å². The Morgan fingerprint density at radius 1 is 1.47 bits per heavy atom. The average molecular weight is 260 g/mol. The van der Waals surface area contributed by atoms with Gasteiger partial charge in [0.05, 0.1) is 17.6 Å². The highest BCUT2D eigenvalue weighted by Gasteiger charge is 2.22. The lowest BCUT2D eigenvalue weighted by Crippen LogP contribution is -2.21. The van der Waals surface area contributed by atoms with E-state index < -0.39 is 0 Å². The zero-order valence-electron chi connectivity index (χ0n) is 11.0. The maximum atomic E-state index is 8.98. The number of aliphatic hydroxyl groups excluding tert-OH is 1. The van der Waals surface area contributed by atoms with E-state index in [4.69, 9.17) is 10.8 Å². The lowest BCUT2D eigenvalue weighted by atomic mass is 10.1. The normalized spacial score (nSPS) is 20.4. The molecule has 5 heteroatoms. The van der Waals surface area contributed by atoms with Crippen LogP contribution in [0.15, 0.2) is 18.2 Å². The fraction of sp³-hybridized carbons (Fsp3) is 0.500. The average Bonchev–Trinajstić information content (AvgIpc) is 2.96. The van der Waals surface area contributed by atoms with E-state index in [2.05, 4.69) is 14.9 Å². The molecule has 1 aliphatic rings. The first-order chi connectivity index (χ1) is 9.24. The number of likely N-dealkylation sites (tertiary alicyclic amines) is 1. The number of anilines is 1. The van der Waals surface area contributed by atoms with Gasteiger partial charge in [0.2, 0.25) is 0 Å². The van der Waals surface area contributed by atoms with Crippen LogP contribution in [0, 0.1) is 5.92 Å². The van der Waals surface area contributed by atoms with Gasteiger partial charge in [0.15, 0.2) is 0 Å². The Balaban J connectivity index is 1.68. The molecule has 1 unspecified atom stereocenters. The summed E-state index contributed by atoms with van der Waals surface area (Å²) >= 11 is 0. The van der Waals surface area contributed by atoms with Crippen molar-refractivity contribution >= 4 is 16.7 Å². The van der Waals surface area contributed by atoms with Crippen molar-refractivity contribution in [2.24, 2.45) is 5.92 Å². The first-order valence-electron chi connectivity index (χ1n) is 6.82. The molecular formula is C14H20N4O. The van der Waals surface area contributed by atoms with E-state index in [1.165, 1.54) is 6.42 Å². The molecule has 1 aromatic carbocycles. The molecule has 0 amide bonds. The molecule has 0 saturated carbocycles. The number of nitrogen functional groups attached to an aromatic ring is 1. The van der Waals surface area contributed by atoms with Crippen LogP contribution in [-0.2, 0) is 6.54 Å². The van der Waals surface area contributed by atoms with Crippen LogP contribution in [0.25, 0.3) is 11.0 Å². The van der Waals surface area contributed by atoms with Crippen molar-refractivity contribution in [2.45, 2.75) is 19.4 Å². The number of aromatic nitrogens is 2. The predicted octanol–water partition coefficient (Wildman–Crippen LogP) is 1.35. The molecule has 1 aromatic heterocycles. The van der Waals surface area contributed by atoms with Crippen LogP contribution in [0.2, 0.25) is 0 Å². The molecule has 1 aliphatic heterocycles. The minimum atomic E-state index is 0.294. The Hall–Kier alpha value is -1.59. The van der Waals surface area contributed by atoms with Crippen LogP contribution in [0.3, 0.4) is 0 Å². The Kier molecular flexibility index (Phi) is 3.40. The van der Waals surface area contributed by atoms with Gasteiger partial charge < -0.3 is 15.8 Å². The second kappa shape index (κ2) is 5.19. The third-order valence-electron chi connectivity index (χ3n) is 3.84. The highest BCUT2D eigenvalue weighted by atomic mass is 16.3. The molecule has 4 N–H and O–H groups in total. The lowest BCUT2D eigenvalue weighted by molar-refractivity contribution is 0.248.